The van der Waals surface area contributed by atoms with Gasteiger partial charge in [-0.1, -0.05) is 25.1 Å². The maximum absolute atomic E-state index is 11.0. The number of nitrogens with zero attached hydrogens (tertiary/aromatic N) is 1. The SMILES string of the molecule is CCCN1C=C(C(=O)O)Cc2ccccc21. The lowest BCUT2D eigenvalue weighted by Crippen LogP contribution is -2.25. The Labute approximate surface area is 95.0 Å². The van der Waals surface area contributed by atoms with E-state index < -0.39 is 5.97 Å². The minimum absolute atomic E-state index is 0.465. The first-order valence-electron chi connectivity index (χ1n) is 5.51. The minimum Gasteiger partial charge on any atom is -0.478 e. The zero-order valence-corrected chi connectivity index (χ0v) is 9.31. The molecule has 2 rings (SSSR count). The number of carboxylic acid groups (broad SMARTS) is 1. The highest BCUT2D eigenvalue weighted by molar-refractivity contribution is 5.89. The second kappa shape index (κ2) is 4.39. The molecule has 1 N–H and O–H groups in total. The van der Waals surface area contributed by atoms with Gasteiger partial charge in [0.25, 0.3) is 0 Å². The fourth-order valence-electron chi connectivity index (χ4n) is 2.01. The zero-order chi connectivity index (χ0) is 11.5. The van der Waals surface area contributed by atoms with Gasteiger partial charge in [0.1, 0.15) is 0 Å². The summed E-state index contributed by atoms with van der Waals surface area (Å²) in [6.45, 7) is 2.94. The average molecular weight is 217 g/mol. The molecule has 0 aromatic heterocycles. The van der Waals surface area contributed by atoms with Gasteiger partial charge in [-0.25, -0.2) is 4.79 Å². The van der Waals surface area contributed by atoms with Gasteiger partial charge in [-0.05, 0) is 18.1 Å². The monoisotopic (exact) mass is 217 g/mol. The molecule has 0 amide bonds. The number of fused-ring (bicyclic) bond motifs is 1. The van der Waals surface area contributed by atoms with E-state index in [1.165, 1.54) is 0 Å². The van der Waals surface area contributed by atoms with Crippen LogP contribution < -0.4 is 4.90 Å². The largest absolute Gasteiger partial charge is 0.478 e. The van der Waals surface area contributed by atoms with Crippen LogP contribution in [0.4, 0.5) is 5.69 Å². The molecule has 84 valence electrons. The molecule has 1 aromatic rings. The van der Waals surface area contributed by atoms with Crippen molar-refractivity contribution in [2.75, 3.05) is 11.4 Å². The molecule has 0 bridgehead atoms. The van der Waals surface area contributed by atoms with Crippen molar-refractivity contribution in [1.82, 2.24) is 0 Å². The number of carboxylic acids is 1. The van der Waals surface area contributed by atoms with Gasteiger partial charge in [-0.2, -0.15) is 0 Å². The molecule has 0 aliphatic carbocycles. The van der Waals surface area contributed by atoms with Crippen LogP contribution in [0, 0.1) is 0 Å². The van der Waals surface area contributed by atoms with Gasteiger partial charge in [-0.3, -0.25) is 0 Å². The number of aliphatic carboxylic acids is 1. The standard InChI is InChI=1S/C13H15NO2/c1-2-7-14-9-11(13(15)16)8-10-5-3-4-6-12(10)14/h3-6,9H,2,7-8H2,1H3,(H,15,16). The van der Waals surface area contributed by atoms with Gasteiger partial charge in [-0.15, -0.1) is 0 Å². The summed E-state index contributed by atoms with van der Waals surface area (Å²) in [6, 6.07) is 7.98. The molecule has 0 saturated carbocycles. The van der Waals surface area contributed by atoms with Crippen LogP contribution in [0.2, 0.25) is 0 Å². The molecule has 1 aliphatic heterocycles. The summed E-state index contributed by atoms with van der Waals surface area (Å²) in [7, 11) is 0. The summed E-state index contributed by atoms with van der Waals surface area (Å²) in [5.41, 5.74) is 2.69. The summed E-state index contributed by atoms with van der Waals surface area (Å²) >= 11 is 0. The number of hydrogen-bond donors (Lipinski definition) is 1. The first kappa shape index (κ1) is 10.7. The van der Waals surface area contributed by atoms with Crippen molar-refractivity contribution in [2.45, 2.75) is 19.8 Å². The van der Waals surface area contributed by atoms with Crippen molar-refractivity contribution in [3.8, 4) is 0 Å². The lowest BCUT2D eigenvalue weighted by Gasteiger charge is -2.27. The number of para-hydroxylation sites is 1. The predicted octanol–water partition coefficient (Wildman–Crippen LogP) is 2.43. The Morgan fingerprint density at radius 2 is 2.19 bits per heavy atom. The third-order valence-electron chi connectivity index (χ3n) is 2.73. The second-order valence-electron chi connectivity index (χ2n) is 3.96. The smallest absolute Gasteiger partial charge is 0.333 e. The number of hydrogen-bond acceptors (Lipinski definition) is 2. The molecule has 16 heavy (non-hydrogen) atoms. The fourth-order valence-corrected chi connectivity index (χ4v) is 2.01. The summed E-state index contributed by atoms with van der Waals surface area (Å²) in [4.78, 5) is 13.0. The molecule has 1 aromatic carbocycles. The molecule has 1 heterocycles. The van der Waals surface area contributed by atoms with Gasteiger partial charge in [0.05, 0.1) is 5.57 Å². The van der Waals surface area contributed by atoms with Crippen molar-refractivity contribution in [3.63, 3.8) is 0 Å². The summed E-state index contributed by atoms with van der Waals surface area (Å²) in [6.07, 6.45) is 3.28. The second-order valence-corrected chi connectivity index (χ2v) is 3.96. The third kappa shape index (κ3) is 1.94. The molecular weight excluding hydrogens is 202 g/mol. The van der Waals surface area contributed by atoms with E-state index in [1.54, 1.807) is 6.20 Å². The Hall–Kier alpha value is -1.77. The molecule has 3 nitrogen and oxygen atoms in total. The zero-order valence-electron chi connectivity index (χ0n) is 9.31. The van der Waals surface area contributed by atoms with E-state index in [0.29, 0.717) is 12.0 Å². The van der Waals surface area contributed by atoms with Crippen molar-refractivity contribution in [1.29, 1.82) is 0 Å². The third-order valence-corrected chi connectivity index (χ3v) is 2.73. The quantitative estimate of drug-likeness (QED) is 0.845. The molecule has 0 radical (unpaired) electrons. The Morgan fingerprint density at radius 3 is 2.88 bits per heavy atom. The van der Waals surface area contributed by atoms with Crippen molar-refractivity contribution >= 4 is 11.7 Å². The van der Waals surface area contributed by atoms with E-state index in [9.17, 15) is 4.79 Å². The lowest BCUT2D eigenvalue weighted by atomic mass is 9.99. The van der Waals surface area contributed by atoms with Crippen LogP contribution >= 0.6 is 0 Å². The van der Waals surface area contributed by atoms with Gasteiger partial charge in [0.2, 0.25) is 0 Å². The lowest BCUT2D eigenvalue weighted by molar-refractivity contribution is -0.132. The Kier molecular flexibility index (Phi) is 2.95. The fraction of sp³-hybridized carbons (Fsp3) is 0.308. The number of anilines is 1. The molecular formula is C13H15NO2. The van der Waals surface area contributed by atoms with Crippen LogP contribution in [-0.2, 0) is 11.2 Å². The normalized spacial score (nSPS) is 14.3. The first-order chi connectivity index (χ1) is 7.72. The summed E-state index contributed by atoms with van der Waals surface area (Å²) in [5.74, 6) is -0.824. The molecule has 1 aliphatic rings. The number of rotatable bonds is 3. The maximum atomic E-state index is 11.0. The Balaban J connectivity index is 2.38. The van der Waals surface area contributed by atoms with Crippen molar-refractivity contribution < 1.29 is 9.90 Å². The molecule has 0 atom stereocenters. The predicted molar refractivity (Wildman–Crippen MR) is 63.5 cm³/mol. The highest BCUT2D eigenvalue weighted by Gasteiger charge is 2.19. The topological polar surface area (TPSA) is 40.5 Å². The molecule has 0 fully saturated rings. The highest BCUT2D eigenvalue weighted by Crippen LogP contribution is 2.28. The number of benzene rings is 1. The van der Waals surface area contributed by atoms with E-state index in [-0.39, 0.29) is 0 Å². The van der Waals surface area contributed by atoms with E-state index in [2.05, 4.69) is 6.92 Å². The van der Waals surface area contributed by atoms with Crippen LogP contribution in [0.1, 0.15) is 18.9 Å². The molecule has 0 spiro atoms. The summed E-state index contributed by atoms with van der Waals surface area (Å²) in [5, 5.41) is 9.05. The Morgan fingerprint density at radius 1 is 1.44 bits per heavy atom. The van der Waals surface area contributed by atoms with Crippen LogP contribution in [0.5, 0.6) is 0 Å². The van der Waals surface area contributed by atoms with E-state index >= 15 is 0 Å². The van der Waals surface area contributed by atoms with Crippen LogP contribution in [0.25, 0.3) is 0 Å². The first-order valence-corrected chi connectivity index (χ1v) is 5.51. The van der Waals surface area contributed by atoms with E-state index in [1.807, 2.05) is 29.2 Å². The van der Waals surface area contributed by atoms with Gasteiger partial charge in [0.15, 0.2) is 0 Å². The molecule has 0 unspecified atom stereocenters. The maximum Gasteiger partial charge on any atom is 0.333 e. The van der Waals surface area contributed by atoms with Crippen LogP contribution in [0.15, 0.2) is 36.0 Å². The van der Waals surface area contributed by atoms with Crippen LogP contribution in [0.3, 0.4) is 0 Å². The van der Waals surface area contributed by atoms with Crippen molar-refractivity contribution in [2.24, 2.45) is 0 Å². The van der Waals surface area contributed by atoms with Crippen LogP contribution in [-0.4, -0.2) is 17.6 Å². The van der Waals surface area contributed by atoms with Gasteiger partial charge >= 0.3 is 5.97 Å². The van der Waals surface area contributed by atoms with Gasteiger partial charge in [0, 0.05) is 24.9 Å². The summed E-state index contributed by atoms with van der Waals surface area (Å²) < 4.78 is 0. The van der Waals surface area contributed by atoms with Gasteiger partial charge < -0.3 is 10.0 Å². The number of carbonyl (C=O) groups is 1. The van der Waals surface area contributed by atoms with Crippen molar-refractivity contribution in [3.05, 3.63) is 41.6 Å². The van der Waals surface area contributed by atoms with E-state index in [4.69, 9.17) is 5.11 Å². The molecule has 3 heteroatoms. The minimum atomic E-state index is -0.824. The Bertz CT molecular complexity index is 437. The molecule has 0 saturated heterocycles. The highest BCUT2D eigenvalue weighted by atomic mass is 16.4. The average Bonchev–Trinajstić information content (AvgIpc) is 2.29. The van der Waals surface area contributed by atoms with E-state index in [0.717, 1.165) is 24.2 Å².